The molecule has 2 saturated heterocycles. The Morgan fingerprint density at radius 2 is 2.38 bits per heavy atom. The van der Waals surface area contributed by atoms with E-state index in [2.05, 4.69) is 19.7 Å². The van der Waals surface area contributed by atoms with Gasteiger partial charge in [0.15, 0.2) is 0 Å². The lowest BCUT2D eigenvalue weighted by atomic mass is 10.0. The number of hydrogen-bond acceptors (Lipinski definition) is 3. The first-order chi connectivity index (χ1) is 6.33. The van der Waals surface area contributed by atoms with Gasteiger partial charge in [0.25, 0.3) is 0 Å². The number of hydrogen-bond donors (Lipinski definition) is 0. The molecule has 2 bridgehead atoms. The smallest absolute Gasteiger partial charge is 0.147 e. The lowest BCUT2D eigenvalue weighted by molar-refractivity contribution is 0.284. The van der Waals surface area contributed by atoms with Crippen molar-refractivity contribution in [3.8, 4) is 0 Å². The van der Waals surface area contributed by atoms with E-state index in [4.69, 9.17) is 0 Å². The van der Waals surface area contributed by atoms with Gasteiger partial charge in [0.05, 0.1) is 6.04 Å². The quantitative estimate of drug-likeness (QED) is 0.626. The van der Waals surface area contributed by atoms with E-state index in [0.717, 1.165) is 11.7 Å². The Morgan fingerprint density at radius 1 is 1.46 bits per heavy atom. The van der Waals surface area contributed by atoms with Gasteiger partial charge in [0, 0.05) is 13.1 Å². The highest BCUT2D eigenvalue weighted by molar-refractivity contribution is 4.94. The van der Waals surface area contributed by atoms with E-state index in [9.17, 15) is 0 Å². The molecule has 0 aliphatic carbocycles. The zero-order valence-electron chi connectivity index (χ0n) is 7.85. The summed E-state index contributed by atoms with van der Waals surface area (Å²) < 4.78 is 2.05. The summed E-state index contributed by atoms with van der Waals surface area (Å²) in [6.45, 7) is 5.68. The van der Waals surface area contributed by atoms with Gasteiger partial charge in [0.1, 0.15) is 12.2 Å². The number of rotatable bonds is 1. The molecule has 2 fully saturated rings. The molecular weight excluding hydrogens is 164 g/mol. The highest BCUT2D eigenvalue weighted by Gasteiger charge is 2.39. The molecule has 2 aliphatic heterocycles. The van der Waals surface area contributed by atoms with Crippen LogP contribution in [0.5, 0.6) is 0 Å². The van der Waals surface area contributed by atoms with Crippen molar-refractivity contribution in [2.75, 3.05) is 19.6 Å². The van der Waals surface area contributed by atoms with E-state index < -0.39 is 0 Å². The van der Waals surface area contributed by atoms with Crippen molar-refractivity contribution in [3.05, 3.63) is 12.2 Å². The van der Waals surface area contributed by atoms with Crippen LogP contribution < -0.4 is 0 Å². The Bertz CT molecular complexity index is 319. The van der Waals surface area contributed by atoms with E-state index in [1.165, 1.54) is 26.1 Å². The molecule has 1 aromatic rings. The maximum absolute atomic E-state index is 4.39. The van der Waals surface area contributed by atoms with Crippen LogP contribution in [0, 0.1) is 12.8 Å². The third-order valence-corrected chi connectivity index (χ3v) is 3.26. The fourth-order valence-electron chi connectivity index (χ4n) is 2.58. The second-order valence-electron chi connectivity index (χ2n) is 4.15. The molecule has 0 saturated carbocycles. The van der Waals surface area contributed by atoms with E-state index in [1.54, 1.807) is 0 Å². The molecule has 0 aromatic carbocycles. The molecule has 0 spiro atoms. The maximum Gasteiger partial charge on any atom is 0.147 e. The maximum atomic E-state index is 4.39. The predicted molar refractivity (Wildman–Crippen MR) is 48.3 cm³/mol. The molecule has 13 heavy (non-hydrogen) atoms. The summed E-state index contributed by atoms with van der Waals surface area (Å²) >= 11 is 0. The fraction of sp³-hybridized carbons (Fsp3) is 0.778. The summed E-state index contributed by atoms with van der Waals surface area (Å²) in [6, 6.07) is 0.593. The Hall–Kier alpha value is -0.900. The molecule has 2 aliphatic rings. The average Bonchev–Trinajstić information content (AvgIpc) is 2.77. The minimum atomic E-state index is 0.593. The Kier molecular flexibility index (Phi) is 1.47. The number of aryl methyl sites for hydroxylation is 1. The van der Waals surface area contributed by atoms with Crippen LogP contribution in [0.2, 0.25) is 0 Å². The van der Waals surface area contributed by atoms with Gasteiger partial charge in [-0.2, -0.15) is 5.10 Å². The molecule has 0 N–H and O–H groups in total. The molecule has 0 amide bonds. The van der Waals surface area contributed by atoms with E-state index in [1.807, 2.05) is 13.3 Å². The van der Waals surface area contributed by atoms with Gasteiger partial charge in [-0.05, 0) is 25.8 Å². The van der Waals surface area contributed by atoms with Crippen molar-refractivity contribution in [2.24, 2.45) is 5.92 Å². The van der Waals surface area contributed by atoms with Crippen molar-refractivity contribution >= 4 is 0 Å². The standard InChI is InChI=1S/C9H14N4/c1-7-10-6-13(11-7)9-5-12-3-2-8(9)4-12/h6,8-9H,2-5H2,1H3. The SMILES string of the molecule is Cc1ncn(C2CN3CCC2C3)n1. The van der Waals surface area contributed by atoms with Crippen molar-refractivity contribution < 1.29 is 0 Å². The minimum Gasteiger partial charge on any atom is -0.301 e. The monoisotopic (exact) mass is 178 g/mol. The molecule has 3 atom stereocenters. The third kappa shape index (κ3) is 1.09. The summed E-state index contributed by atoms with van der Waals surface area (Å²) in [5.41, 5.74) is 0. The van der Waals surface area contributed by atoms with Crippen molar-refractivity contribution in [1.82, 2.24) is 19.7 Å². The van der Waals surface area contributed by atoms with Crippen LogP contribution in [0.1, 0.15) is 18.3 Å². The van der Waals surface area contributed by atoms with Crippen LogP contribution in [-0.4, -0.2) is 39.3 Å². The summed E-state index contributed by atoms with van der Waals surface area (Å²) in [6.07, 6.45) is 3.21. The summed E-state index contributed by atoms with van der Waals surface area (Å²) in [7, 11) is 0. The highest BCUT2D eigenvalue weighted by atomic mass is 15.4. The van der Waals surface area contributed by atoms with Crippen LogP contribution in [0.15, 0.2) is 6.33 Å². The Morgan fingerprint density at radius 3 is 2.92 bits per heavy atom. The molecule has 3 heterocycles. The topological polar surface area (TPSA) is 34.0 Å². The number of piperidine rings is 1. The predicted octanol–water partition coefficient (Wildman–Crippen LogP) is 0.463. The van der Waals surface area contributed by atoms with E-state index in [-0.39, 0.29) is 0 Å². The van der Waals surface area contributed by atoms with Crippen LogP contribution in [-0.2, 0) is 0 Å². The lowest BCUT2D eigenvalue weighted by Crippen LogP contribution is -2.26. The Labute approximate surface area is 77.6 Å². The summed E-state index contributed by atoms with van der Waals surface area (Å²) in [5, 5.41) is 4.39. The van der Waals surface area contributed by atoms with Gasteiger partial charge >= 0.3 is 0 Å². The molecular formula is C9H14N4. The molecule has 4 heteroatoms. The van der Waals surface area contributed by atoms with Gasteiger partial charge in [-0.3, -0.25) is 0 Å². The Balaban J connectivity index is 1.87. The highest BCUT2D eigenvalue weighted by Crippen LogP contribution is 2.35. The minimum absolute atomic E-state index is 0.593. The molecule has 3 unspecified atom stereocenters. The molecule has 0 radical (unpaired) electrons. The molecule has 4 nitrogen and oxygen atoms in total. The van der Waals surface area contributed by atoms with Gasteiger partial charge < -0.3 is 4.90 Å². The van der Waals surface area contributed by atoms with Crippen molar-refractivity contribution in [1.29, 1.82) is 0 Å². The van der Waals surface area contributed by atoms with Gasteiger partial charge in [-0.1, -0.05) is 0 Å². The first-order valence-electron chi connectivity index (χ1n) is 4.93. The van der Waals surface area contributed by atoms with Gasteiger partial charge in [-0.25, -0.2) is 9.67 Å². The third-order valence-electron chi connectivity index (χ3n) is 3.26. The molecule has 1 aromatic heterocycles. The molecule has 70 valence electrons. The first-order valence-corrected chi connectivity index (χ1v) is 4.93. The van der Waals surface area contributed by atoms with Crippen LogP contribution in [0.3, 0.4) is 0 Å². The van der Waals surface area contributed by atoms with Crippen molar-refractivity contribution in [2.45, 2.75) is 19.4 Å². The fourth-order valence-corrected chi connectivity index (χ4v) is 2.58. The van der Waals surface area contributed by atoms with Crippen LogP contribution in [0.25, 0.3) is 0 Å². The number of aromatic nitrogens is 3. The summed E-state index contributed by atoms with van der Waals surface area (Å²) in [5.74, 6) is 1.71. The van der Waals surface area contributed by atoms with Gasteiger partial charge in [-0.15, -0.1) is 0 Å². The first kappa shape index (κ1) is 7.50. The average molecular weight is 178 g/mol. The number of fused-ring (bicyclic) bond motifs is 2. The number of nitrogens with zero attached hydrogens (tertiary/aromatic N) is 4. The van der Waals surface area contributed by atoms with Crippen molar-refractivity contribution in [3.63, 3.8) is 0 Å². The normalized spacial score (nSPS) is 37.2. The van der Waals surface area contributed by atoms with E-state index >= 15 is 0 Å². The zero-order chi connectivity index (χ0) is 8.84. The second-order valence-corrected chi connectivity index (χ2v) is 4.15. The molecule has 3 rings (SSSR count). The second kappa shape index (κ2) is 2.54. The largest absolute Gasteiger partial charge is 0.301 e. The van der Waals surface area contributed by atoms with E-state index in [0.29, 0.717) is 6.04 Å². The summed E-state index contributed by atoms with van der Waals surface area (Å²) in [4.78, 5) is 6.70. The lowest BCUT2D eigenvalue weighted by Gasteiger charge is -2.21. The van der Waals surface area contributed by atoms with Gasteiger partial charge in [0.2, 0.25) is 0 Å². The zero-order valence-corrected chi connectivity index (χ0v) is 7.85. The van der Waals surface area contributed by atoms with Crippen LogP contribution >= 0.6 is 0 Å². The van der Waals surface area contributed by atoms with Crippen LogP contribution in [0.4, 0.5) is 0 Å².